The van der Waals surface area contributed by atoms with Gasteiger partial charge in [0, 0.05) is 22.7 Å². The molecule has 0 atom stereocenters. The number of anilines is 1. The maximum atomic E-state index is 12.6. The average Bonchev–Trinajstić information content (AvgIpc) is 2.77. The number of fused-ring (bicyclic) bond motifs is 1. The van der Waals surface area contributed by atoms with Crippen molar-refractivity contribution in [2.75, 3.05) is 4.72 Å². The summed E-state index contributed by atoms with van der Waals surface area (Å²) in [6.45, 7) is 1.75. The minimum atomic E-state index is -3.79. The highest BCUT2D eigenvalue weighted by molar-refractivity contribution is 7.92. The van der Waals surface area contributed by atoms with Crippen LogP contribution >= 0.6 is 0 Å². The number of ether oxygens (including phenoxy) is 1. The Bertz CT molecular complexity index is 1460. The number of hydrogen-bond donors (Lipinski definition) is 1. The zero-order valence-electron chi connectivity index (χ0n) is 17.1. The number of carbonyl (C=O) groups is 1. The van der Waals surface area contributed by atoms with Crippen molar-refractivity contribution in [3.05, 3.63) is 106 Å². The summed E-state index contributed by atoms with van der Waals surface area (Å²) in [6, 6.07) is 20.6. The molecule has 1 aromatic heterocycles. The highest BCUT2D eigenvalue weighted by atomic mass is 32.2. The Balaban J connectivity index is 1.52. The van der Waals surface area contributed by atoms with Crippen molar-refractivity contribution in [3.63, 3.8) is 0 Å². The van der Waals surface area contributed by atoms with E-state index in [1.807, 2.05) is 13.0 Å². The molecule has 0 aliphatic carbocycles. The van der Waals surface area contributed by atoms with Crippen LogP contribution in [0.1, 0.15) is 21.5 Å². The lowest BCUT2D eigenvalue weighted by Gasteiger charge is -2.10. The van der Waals surface area contributed by atoms with E-state index in [4.69, 9.17) is 9.15 Å². The van der Waals surface area contributed by atoms with Gasteiger partial charge < -0.3 is 9.15 Å². The minimum absolute atomic E-state index is 0.109. The summed E-state index contributed by atoms with van der Waals surface area (Å²) in [5.41, 5.74) is 1.73. The van der Waals surface area contributed by atoms with Gasteiger partial charge in [0.05, 0.1) is 10.5 Å². The normalized spacial score (nSPS) is 11.3. The summed E-state index contributed by atoms with van der Waals surface area (Å²) >= 11 is 0. The zero-order valence-corrected chi connectivity index (χ0v) is 17.9. The second-order valence-corrected chi connectivity index (χ2v) is 8.85. The first-order valence-electron chi connectivity index (χ1n) is 9.70. The van der Waals surface area contributed by atoms with Crippen LogP contribution in [0.15, 0.2) is 93.0 Å². The van der Waals surface area contributed by atoms with Crippen LogP contribution in [0.4, 0.5) is 5.69 Å². The number of hydrogen-bond acceptors (Lipinski definition) is 6. The summed E-state index contributed by atoms with van der Waals surface area (Å²) in [7, 11) is -3.79. The van der Waals surface area contributed by atoms with Crippen molar-refractivity contribution in [3.8, 4) is 0 Å². The molecule has 1 N–H and O–H groups in total. The van der Waals surface area contributed by atoms with Crippen LogP contribution in [0.2, 0.25) is 0 Å². The average molecular weight is 449 g/mol. The first-order chi connectivity index (χ1) is 15.3. The third-order valence-electron chi connectivity index (χ3n) is 4.75. The molecule has 0 amide bonds. The smallest absolute Gasteiger partial charge is 0.338 e. The van der Waals surface area contributed by atoms with E-state index in [1.165, 1.54) is 36.4 Å². The molecule has 0 aliphatic heterocycles. The predicted octanol–water partition coefficient (Wildman–Crippen LogP) is 4.26. The van der Waals surface area contributed by atoms with E-state index in [0.29, 0.717) is 16.5 Å². The third kappa shape index (κ3) is 4.70. The maximum absolute atomic E-state index is 12.6. The molecule has 0 saturated carbocycles. The summed E-state index contributed by atoms with van der Waals surface area (Å²) < 4.78 is 38.1. The summed E-state index contributed by atoms with van der Waals surface area (Å²) in [5, 5.41) is 0.673. The topological polar surface area (TPSA) is 103 Å². The molecule has 32 heavy (non-hydrogen) atoms. The number of carbonyl (C=O) groups excluding carboxylic acids is 1. The Morgan fingerprint density at radius 1 is 0.969 bits per heavy atom. The van der Waals surface area contributed by atoms with Crippen molar-refractivity contribution in [1.29, 1.82) is 0 Å². The van der Waals surface area contributed by atoms with Gasteiger partial charge in [0.2, 0.25) is 0 Å². The highest BCUT2D eigenvalue weighted by Crippen LogP contribution is 2.21. The molecule has 0 saturated heterocycles. The van der Waals surface area contributed by atoms with Gasteiger partial charge in [-0.1, -0.05) is 36.4 Å². The Hall–Kier alpha value is -3.91. The van der Waals surface area contributed by atoms with Crippen LogP contribution in [-0.4, -0.2) is 14.4 Å². The second kappa shape index (κ2) is 8.68. The molecule has 7 nitrogen and oxygen atoms in total. The summed E-state index contributed by atoms with van der Waals surface area (Å²) in [4.78, 5) is 24.5. The van der Waals surface area contributed by atoms with Gasteiger partial charge in [-0.15, -0.1) is 0 Å². The molecule has 4 rings (SSSR count). The van der Waals surface area contributed by atoms with Crippen molar-refractivity contribution >= 4 is 32.6 Å². The lowest BCUT2D eigenvalue weighted by Crippen LogP contribution is -2.13. The summed E-state index contributed by atoms with van der Waals surface area (Å²) in [5.74, 6) is -0.653. The standard InChI is InChI=1S/C24H19NO6S/c1-16-10-11-21-18(14-23(26)31-22(21)12-16)15-30-24(27)17-6-5-7-19(13-17)25-32(28,29)20-8-3-2-4-9-20/h2-14,25H,15H2,1H3. The van der Waals surface area contributed by atoms with E-state index in [1.54, 1.807) is 36.4 Å². The molecule has 0 radical (unpaired) electrons. The number of sulfonamides is 1. The lowest BCUT2D eigenvalue weighted by atomic mass is 10.1. The number of esters is 1. The fourth-order valence-corrected chi connectivity index (χ4v) is 4.28. The molecule has 1 heterocycles. The molecule has 4 aromatic rings. The summed E-state index contributed by atoms with van der Waals surface area (Å²) in [6.07, 6.45) is 0. The number of aryl methyl sites for hydroxylation is 1. The van der Waals surface area contributed by atoms with Crippen LogP contribution in [0.5, 0.6) is 0 Å². The van der Waals surface area contributed by atoms with E-state index >= 15 is 0 Å². The van der Waals surface area contributed by atoms with Gasteiger partial charge in [-0.25, -0.2) is 18.0 Å². The molecule has 3 aromatic carbocycles. The fourth-order valence-electron chi connectivity index (χ4n) is 3.21. The quantitative estimate of drug-likeness (QED) is 0.349. The second-order valence-electron chi connectivity index (χ2n) is 7.17. The van der Waals surface area contributed by atoms with Gasteiger partial charge in [-0.05, 0) is 48.9 Å². The third-order valence-corrected chi connectivity index (χ3v) is 6.15. The predicted molar refractivity (Wildman–Crippen MR) is 120 cm³/mol. The highest BCUT2D eigenvalue weighted by Gasteiger charge is 2.16. The van der Waals surface area contributed by atoms with Gasteiger partial charge in [-0.2, -0.15) is 0 Å². The van der Waals surface area contributed by atoms with Gasteiger partial charge >= 0.3 is 11.6 Å². The van der Waals surface area contributed by atoms with Crippen molar-refractivity contribution < 1.29 is 22.4 Å². The Labute approximate surface area is 184 Å². The van der Waals surface area contributed by atoms with Crippen molar-refractivity contribution in [2.24, 2.45) is 0 Å². The van der Waals surface area contributed by atoms with E-state index in [-0.39, 0.29) is 22.8 Å². The van der Waals surface area contributed by atoms with Crippen molar-refractivity contribution in [1.82, 2.24) is 0 Å². The monoisotopic (exact) mass is 449 g/mol. The Morgan fingerprint density at radius 3 is 2.53 bits per heavy atom. The molecule has 0 fully saturated rings. The van der Waals surface area contributed by atoms with Gasteiger partial charge in [0.15, 0.2) is 0 Å². The van der Waals surface area contributed by atoms with Gasteiger partial charge in [0.25, 0.3) is 10.0 Å². The largest absolute Gasteiger partial charge is 0.457 e. The lowest BCUT2D eigenvalue weighted by molar-refractivity contribution is 0.0474. The molecule has 162 valence electrons. The number of rotatable bonds is 6. The molecule has 0 aliphatic rings. The van der Waals surface area contributed by atoms with E-state index < -0.39 is 21.6 Å². The minimum Gasteiger partial charge on any atom is -0.457 e. The van der Waals surface area contributed by atoms with E-state index in [2.05, 4.69) is 4.72 Å². The molecule has 0 unspecified atom stereocenters. The SMILES string of the molecule is Cc1ccc2c(COC(=O)c3cccc(NS(=O)(=O)c4ccccc4)c3)cc(=O)oc2c1. The van der Waals surface area contributed by atoms with E-state index in [9.17, 15) is 18.0 Å². The molecular weight excluding hydrogens is 430 g/mol. The van der Waals surface area contributed by atoms with Crippen LogP contribution in [0, 0.1) is 6.92 Å². The van der Waals surface area contributed by atoms with Gasteiger partial charge in [-0.3, -0.25) is 4.72 Å². The van der Waals surface area contributed by atoms with Gasteiger partial charge in [0.1, 0.15) is 12.2 Å². The molecule has 8 heteroatoms. The fraction of sp³-hybridized carbons (Fsp3) is 0.0833. The van der Waals surface area contributed by atoms with E-state index in [0.717, 1.165) is 5.56 Å². The van der Waals surface area contributed by atoms with Crippen molar-refractivity contribution in [2.45, 2.75) is 18.4 Å². The molecular formula is C24H19NO6S. The molecule has 0 spiro atoms. The zero-order chi connectivity index (χ0) is 22.7. The van der Waals surface area contributed by atoms with Crippen LogP contribution in [-0.2, 0) is 21.4 Å². The maximum Gasteiger partial charge on any atom is 0.338 e. The molecule has 0 bridgehead atoms. The first kappa shape index (κ1) is 21.3. The van der Waals surface area contributed by atoms with Crippen LogP contribution < -0.4 is 10.3 Å². The number of benzene rings is 3. The number of nitrogens with one attached hydrogen (secondary N) is 1. The Morgan fingerprint density at radius 2 is 1.75 bits per heavy atom. The van der Waals surface area contributed by atoms with Crippen LogP contribution in [0.3, 0.4) is 0 Å². The first-order valence-corrected chi connectivity index (χ1v) is 11.2. The van der Waals surface area contributed by atoms with Crippen LogP contribution in [0.25, 0.3) is 11.0 Å². The Kier molecular flexibility index (Phi) is 5.79.